The molecule has 0 aliphatic carbocycles. The van der Waals surface area contributed by atoms with E-state index in [1.807, 2.05) is 32.0 Å². The fraction of sp³-hybridized carbons (Fsp3) is 0.357. The average Bonchev–Trinajstić information content (AvgIpc) is 2.81. The molecule has 6 heteroatoms. The number of rotatable bonds is 5. The van der Waals surface area contributed by atoms with Gasteiger partial charge in [0, 0.05) is 11.1 Å². The molecule has 0 aliphatic heterocycles. The number of aryl methyl sites for hydroxylation is 1. The van der Waals surface area contributed by atoms with Gasteiger partial charge in [0.2, 0.25) is 0 Å². The molecule has 2 heterocycles. The monoisotopic (exact) mass is 291 g/mol. The largest absolute Gasteiger partial charge is 0.461 e. The van der Waals surface area contributed by atoms with Crippen LogP contribution in [0.3, 0.4) is 0 Å². The number of aromatic nitrogens is 2. The van der Waals surface area contributed by atoms with Crippen molar-refractivity contribution in [3.8, 4) is 0 Å². The van der Waals surface area contributed by atoms with E-state index in [0.29, 0.717) is 17.4 Å². The fourth-order valence-electron chi connectivity index (χ4n) is 1.74. The lowest BCUT2D eigenvalue weighted by Gasteiger charge is -2.11. The van der Waals surface area contributed by atoms with Crippen LogP contribution in [-0.2, 0) is 4.74 Å². The normalized spacial score (nSPS) is 11.9. The highest BCUT2D eigenvalue weighted by Gasteiger charge is 2.17. The van der Waals surface area contributed by atoms with Crippen LogP contribution in [0.4, 0.5) is 5.13 Å². The molecule has 20 heavy (non-hydrogen) atoms. The Hall–Kier alpha value is -1.95. The highest BCUT2D eigenvalue weighted by Crippen LogP contribution is 2.26. The minimum Gasteiger partial charge on any atom is -0.461 e. The molecule has 5 nitrogen and oxygen atoms in total. The number of ether oxygens (including phenoxy) is 1. The van der Waals surface area contributed by atoms with Gasteiger partial charge >= 0.3 is 5.97 Å². The predicted molar refractivity (Wildman–Crippen MR) is 79.1 cm³/mol. The number of hydrogen-bond acceptors (Lipinski definition) is 6. The third-order valence-electron chi connectivity index (χ3n) is 2.74. The third kappa shape index (κ3) is 3.33. The minimum absolute atomic E-state index is 0.0248. The number of carbonyl (C=O) groups excluding carboxylic acids is 1. The Labute approximate surface area is 122 Å². The van der Waals surface area contributed by atoms with Crippen molar-refractivity contribution in [2.45, 2.75) is 26.8 Å². The summed E-state index contributed by atoms with van der Waals surface area (Å²) in [4.78, 5) is 21.2. The first-order chi connectivity index (χ1) is 9.61. The lowest BCUT2D eigenvalue weighted by molar-refractivity contribution is 0.0519. The summed E-state index contributed by atoms with van der Waals surface area (Å²) < 4.78 is 4.98. The molecule has 0 bridgehead atoms. The summed E-state index contributed by atoms with van der Waals surface area (Å²) in [5.41, 5.74) is 1.31. The molecular weight excluding hydrogens is 274 g/mol. The number of pyridine rings is 1. The SMILES string of the molecule is CCOC(=O)c1nc(NC(C)c2ccccn2)sc1C. The Balaban J connectivity index is 2.11. The van der Waals surface area contributed by atoms with E-state index in [1.54, 1.807) is 13.1 Å². The number of hydrogen-bond donors (Lipinski definition) is 1. The standard InChI is InChI=1S/C14H17N3O2S/c1-4-19-13(18)12-10(3)20-14(17-12)16-9(2)11-7-5-6-8-15-11/h5-9H,4H2,1-3H3,(H,16,17). The van der Waals surface area contributed by atoms with Gasteiger partial charge in [-0.05, 0) is 32.9 Å². The van der Waals surface area contributed by atoms with Crippen molar-refractivity contribution in [1.29, 1.82) is 0 Å². The summed E-state index contributed by atoms with van der Waals surface area (Å²) in [5, 5.41) is 3.95. The van der Waals surface area contributed by atoms with Crippen LogP contribution in [0.5, 0.6) is 0 Å². The first-order valence-electron chi connectivity index (χ1n) is 6.43. The van der Waals surface area contributed by atoms with Crippen molar-refractivity contribution < 1.29 is 9.53 Å². The van der Waals surface area contributed by atoms with Gasteiger partial charge in [-0.2, -0.15) is 0 Å². The molecule has 0 saturated heterocycles. The molecule has 0 aliphatic rings. The van der Waals surface area contributed by atoms with E-state index in [2.05, 4.69) is 15.3 Å². The van der Waals surface area contributed by atoms with E-state index in [-0.39, 0.29) is 12.0 Å². The van der Waals surface area contributed by atoms with E-state index in [4.69, 9.17) is 4.74 Å². The van der Waals surface area contributed by atoms with Gasteiger partial charge < -0.3 is 10.1 Å². The van der Waals surface area contributed by atoms with Crippen molar-refractivity contribution in [2.24, 2.45) is 0 Å². The Morgan fingerprint density at radius 1 is 1.50 bits per heavy atom. The van der Waals surface area contributed by atoms with Crippen LogP contribution in [0.2, 0.25) is 0 Å². The van der Waals surface area contributed by atoms with Gasteiger partial charge in [0.15, 0.2) is 10.8 Å². The second-order valence-electron chi connectivity index (χ2n) is 4.26. The molecule has 0 radical (unpaired) electrons. The molecule has 2 aromatic rings. The summed E-state index contributed by atoms with van der Waals surface area (Å²) in [6, 6.07) is 5.79. The van der Waals surface area contributed by atoms with Crippen molar-refractivity contribution in [3.63, 3.8) is 0 Å². The molecule has 0 spiro atoms. The Bertz CT molecular complexity index is 583. The van der Waals surface area contributed by atoms with Crippen LogP contribution in [0.1, 0.15) is 40.9 Å². The summed E-state index contributed by atoms with van der Waals surface area (Å²) in [5.74, 6) is -0.375. The maximum Gasteiger partial charge on any atom is 0.358 e. The summed E-state index contributed by atoms with van der Waals surface area (Å²) in [6.07, 6.45) is 1.75. The lowest BCUT2D eigenvalue weighted by Crippen LogP contribution is -2.09. The van der Waals surface area contributed by atoms with Gasteiger partial charge in [-0.3, -0.25) is 4.98 Å². The number of anilines is 1. The highest BCUT2D eigenvalue weighted by atomic mass is 32.1. The molecule has 2 aromatic heterocycles. The van der Waals surface area contributed by atoms with Gasteiger partial charge in [0.25, 0.3) is 0 Å². The van der Waals surface area contributed by atoms with Crippen molar-refractivity contribution >= 4 is 22.4 Å². The zero-order chi connectivity index (χ0) is 14.5. The molecule has 1 atom stereocenters. The van der Waals surface area contributed by atoms with Crippen molar-refractivity contribution in [2.75, 3.05) is 11.9 Å². The maximum atomic E-state index is 11.7. The summed E-state index contributed by atoms with van der Waals surface area (Å²) in [7, 11) is 0. The Morgan fingerprint density at radius 3 is 2.95 bits per heavy atom. The zero-order valence-electron chi connectivity index (χ0n) is 11.7. The number of esters is 1. The Morgan fingerprint density at radius 2 is 2.30 bits per heavy atom. The van der Waals surface area contributed by atoms with Gasteiger partial charge in [-0.15, -0.1) is 11.3 Å². The number of carbonyl (C=O) groups is 1. The van der Waals surface area contributed by atoms with Crippen LogP contribution < -0.4 is 5.32 Å². The first-order valence-corrected chi connectivity index (χ1v) is 7.25. The second kappa shape index (κ2) is 6.47. The van der Waals surface area contributed by atoms with Gasteiger partial charge in [-0.25, -0.2) is 9.78 Å². The maximum absolute atomic E-state index is 11.7. The molecule has 1 N–H and O–H groups in total. The van der Waals surface area contributed by atoms with Crippen molar-refractivity contribution in [1.82, 2.24) is 9.97 Å². The van der Waals surface area contributed by atoms with Gasteiger partial charge in [0.05, 0.1) is 18.3 Å². The van der Waals surface area contributed by atoms with Crippen LogP contribution in [-0.4, -0.2) is 22.5 Å². The topological polar surface area (TPSA) is 64.1 Å². The molecule has 0 saturated carbocycles. The van der Waals surface area contributed by atoms with Crippen molar-refractivity contribution in [3.05, 3.63) is 40.7 Å². The van der Waals surface area contributed by atoms with E-state index in [0.717, 1.165) is 10.6 Å². The molecule has 0 aromatic carbocycles. The molecule has 106 valence electrons. The Kier molecular flexibility index (Phi) is 4.68. The first kappa shape index (κ1) is 14.5. The number of nitrogens with one attached hydrogen (secondary N) is 1. The predicted octanol–water partition coefficient (Wildman–Crippen LogP) is 3.20. The molecular formula is C14H17N3O2S. The quantitative estimate of drug-likeness (QED) is 0.857. The van der Waals surface area contributed by atoms with Gasteiger partial charge in [0.1, 0.15) is 0 Å². The molecule has 0 amide bonds. The summed E-state index contributed by atoms with van der Waals surface area (Å²) in [6.45, 7) is 5.99. The molecule has 1 unspecified atom stereocenters. The van der Waals surface area contributed by atoms with Crippen LogP contribution in [0.15, 0.2) is 24.4 Å². The van der Waals surface area contributed by atoms with Crippen LogP contribution in [0.25, 0.3) is 0 Å². The highest BCUT2D eigenvalue weighted by molar-refractivity contribution is 7.15. The van der Waals surface area contributed by atoms with E-state index >= 15 is 0 Å². The van der Waals surface area contributed by atoms with Gasteiger partial charge in [-0.1, -0.05) is 6.07 Å². The van der Waals surface area contributed by atoms with E-state index in [9.17, 15) is 4.79 Å². The second-order valence-corrected chi connectivity index (χ2v) is 5.47. The molecule has 0 fully saturated rings. The molecule has 2 rings (SSSR count). The van der Waals surface area contributed by atoms with E-state index < -0.39 is 0 Å². The van der Waals surface area contributed by atoms with Crippen LogP contribution >= 0.6 is 11.3 Å². The average molecular weight is 291 g/mol. The third-order valence-corrected chi connectivity index (χ3v) is 3.64. The zero-order valence-corrected chi connectivity index (χ0v) is 12.5. The minimum atomic E-state index is -0.375. The van der Waals surface area contributed by atoms with Crippen LogP contribution in [0, 0.1) is 6.92 Å². The summed E-state index contributed by atoms with van der Waals surface area (Å²) >= 11 is 1.44. The number of thiazole rings is 1. The van der Waals surface area contributed by atoms with E-state index in [1.165, 1.54) is 11.3 Å². The smallest absolute Gasteiger partial charge is 0.358 e. The fourth-order valence-corrected chi connectivity index (χ4v) is 2.63. The lowest BCUT2D eigenvalue weighted by atomic mass is 10.2. The number of nitrogens with zero attached hydrogens (tertiary/aromatic N) is 2.